The van der Waals surface area contributed by atoms with E-state index >= 15 is 0 Å². The maximum absolute atomic E-state index is 10.6. The van der Waals surface area contributed by atoms with E-state index in [9.17, 15) is 5.11 Å². The van der Waals surface area contributed by atoms with Gasteiger partial charge in [-0.15, -0.1) is 0 Å². The molecule has 0 aromatic heterocycles. The molecular formula is C18H24O2. The van der Waals surface area contributed by atoms with Crippen LogP contribution in [0.15, 0.2) is 42.5 Å². The highest BCUT2D eigenvalue weighted by atomic mass is 16.5. The van der Waals surface area contributed by atoms with Gasteiger partial charge in [0.1, 0.15) is 0 Å². The Morgan fingerprint density at radius 1 is 1.05 bits per heavy atom. The number of hydrogen-bond acceptors (Lipinski definition) is 2. The molecule has 0 aliphatic carbocycles. The van der Waals surface area contributed by atoms with Gasteiger partial charge in [0.15, 0.2) is 0 Å². The van der Waals surface area contributed by atoms with E-state index in [1.165, 1.54) is 16.3 Å². The van der Waals surface area contributed by atoms with Crippen LogP contribution in [0.5, 0.6) is 0 Å². The van der Waals surface area contributed by atoms with Gasteiger partial charge in [-0.1, -0.05) is 56.3 Å². The molecule has 0 aliphatic heterocycles. The summed E-state index contributed by atoms with van der Waals surface area (Å²) in [7, 11) is 1.69. The Kier molecular flexibility index (Phi) is 4.79. The average molecular weight is 272 g/mol. The summed E-state index contributed by atoms with van der Waals surface area (Å²) < 4.78 is 5.63. The van der Waals surface area contributed by atoms with Crippen molar-refractivity contribution in [2.24, 2.45) is 0 Å². The third kappa shape index (κ3) is 2.72. The largest absolute Gasteiger partial charge is 0.390 e. The fourth-order valence-electron chi connectivity index (χ4n) is 3.01. The van der Waals surface area contributed by atoms with Crippen molar-refractivity contribution in [2.75, 3.05) is 7.11 Å². The number of hydrogen-bond donors (Lipinski definition) is 1. The molecule has 0 bridgehead atoms. The Morgan fingerprint density at radius 3 is 2.35 bits per heavy atom. The minimum atomic E-state index is -0.492. The van der Waals surface area contributed by atoms with Crippen molar-refractivity contribution < 1.29 is 9.84 Å². The smallest absolute Gasteiger partial charge is 0.0934 e. The lowest BCUT2D eigenvalue weighted by molar-refractivity contribution is -0.106. The normalized spacial score (nSPS) is 13.6. The van der Waals surface area contributed by atoms with Crippen LogP contribution in [0, 0.1) is 0 Å². The summed E-state index contributed by atoms with van der Waals surface area (Å²) in [5, 5.41) is 13.1. The summed E-state index contributed by atoms with van der Waals surface area (Å²) >= 11 is 0. The number of rotatable bonds is 6. The third-order valence-corrected chi connectivity index (χ3v) is 4.50. The standard InChI is InChI=1S/C18H24O2/c1-4-18(5-2,20-3)17(19)13-15-11-8-10-14-9-6-7-12-16(14)15/h6-12,17,19H,4-5,13H2,1-3H3. The number of benzene rings is 2. The maximum Gasteiger partial charge on any atom is 0.0934 e. The molecule has 2 aromatic carbocycles. The van der Waals surface area contributed by atoms with Crippen LogP contribution in [0.25, 0.3) is 10.8 Å². The van der Waals surface area contributed by atoms with Gasteiger partial charge in [0.2, 0.25) is 0 Å². The minimum Gasteiger partial charge on any atom is -0.390 e. The zero-order chi connectivity index (χ0) is 14.6. The predicted octanol–water partition coefficient (Wildman–Crippen LogP) is 3.95. The van der Waals surface area contributed by atoms with Gasteiger partial charge in [0.25, 0.3) is 0 Å². The van der Waals surface area contributed by atoms with Gasteiger partial charge in [-0.05, 0) is 29.2 Å². The second kappa shape index (κ2) is 6.38. The average Bonchev–Trinajstić information content (AvgIpc) is 2.50. The molecule has 20 heavy (non-hydrogen) atoms. The topological polar surface area (TPSA) is 29.5 Å². The van der Waals surface area contributed by atoms with Crippen LogP contribution in [0.3, 0.4) is 0 Å². The summed E-state index contributed by atoms with van der Waals surface area (Å²) in [5.74, 6) is 0. The SMILES string of the molecule is CCC(CC)(OC)C(O)Cc1cccc2ccccc12. The molecule has 108 valence electrons. The molecule has 0 saturated heterocycles. The highest BCUT2D eigenvalue weighted by Crippen LogP contribution is 2.28. The van der Waals surface area contributed by atoms with Crippen LogP contribution in [0.1, 0.15) is 32.3 Å². The minimum absolute atomic E-state index is 0.447. The zero-order valence-corrected chi connectivity index (χ0v) is 12.6. The Morgan fingerprint density at radius 2 is 1.70 bits per heavy atom. The van der Waals surface area contributed by atoms with Crippen LogP contribution in [0.4, 0.5) is 0 Å². The summed E-state index contributed by atoms with van der Waals surface area (Å²) in [6.07, 6.45) is 1.75. The molecule has 1 unspecified atom stereocenters. The van der Waals surface area contributed by atoms with E-state index in [1.54, 1.807) is 7.11 Å². The van der Waals surface area contributed by atoms with Gasteiger partial charge in [-0.2, -0.15) is 0 Å². The summed E-state index contributed by atoms with van der Waals surface area (Å²) in [4.78, 5) is 0. The molecule has 0 saturated carbocycles. The van der Waals surface area contributed by atoms with E-state index in [2.05, 4.69) is 44.2 Å². The van der Waals surface area contributed by atoms with E-state index in [1.807, 2.05) is 12.1 Å². The highest BCUT2D eigenvalue weighted by Gasteiger charge is 2.34. The number of fused-ring (bicyclic) bond motifs is 1. The molecule has 0 fully saturated rings. The number of methoxy groups -OCH3 is 1. The van der Waals surface area contributed by atoms with Gasteiger partial charge >= 0.3 is 0 Å². The zero-order valence-electron chi connectivity index (χ0n) is 12.6. The summed E-state index contributed by atoms with van der Waals surface area (Å²) in [6, 6.07) is 14.6. The van der Waals surface area contributed by atoms with Crippen molar-refractivity contribution >= 4 is 10.8 Å². The fourth-order valence-corrected chi connectivity index (χ4v) is 3.01. The Hall–Kier alpha value is -1.38. The maximum atomic E-state index is 10.6. The molecular weight excluding hydrogens is 248 g/mol. The van der Waals surface area contributed by atoms with Gasteiger partial charge in [0, 0.05) is 13.5 Å². The summed E-state index contributed by atoms with van der Waals surface area (Å²) in [6.45, 7) is 4.14. The molecule has 2 heteroatoms. The van der Waals surface area contributed by atoms with Gasteiger partial charge in [0.05, 0.1) is 11.7 Å². The van der Waals surface area contributed by atoms with Gasteiger partial charge < -0.3 is 9.84 Å². The molecule has 2 rings (SSSR count). The molecule has 2 aromatic rings. The molecule has 0 heterocycles. The van der Waals surface area contributed by atoms with Crippen molar-refractivity contribution in [1.29, 1.82) is 0 Å². The molecule has 1 atom stereocenters. The van der Waals surface area contributed by atoms with Crippen molar-refractivity contribution in [3.63, 3.8) is 0 Å². The fraction of sp³-hybridized carbons (Fsp3) is 0.444. The van der Waals surface area contributed by atoms with Crippen LogP contribution < -0.4 is 0 Å². The lowest BCUT2D eigenvalue weighted by Crippen LogP contribution is -2.44. The summed E-state index contributed by atoms with van der Waals surface area (Å²) in [5.41, 5.74) is 0.732. The number of aliphatic hydroxyl groups excluding tert-OH is 1. The lowest BCUT2D eigenvalue weighted by Gasteiger charge is -2.35. The van der Waals surface area contributed by atoms with Crippen LogP contribution in [0.2, 0.25) is 0 Å². The first-order chi connectivity index (χ1) is 9.66. The number of aliphatic hydroxyl groups is 1. The van der Waals surface area contributed by atoms with Gasteiger partial charge in [-0.3, -0.25) is 0 Å². The van der Waals surface area contributed by atoms with Crippen molar-refractivity contribution in [2.45, 2.75) is 44.8 Å². The highest BCUT2D eigenvalue weighted by molar-refractivity contribution is 5.85. The first-order valence-electron chi connectivity index (χ1n) is 7.36. The van der Waals surface area contributed by atoms with Crippen LogP contribution >= 0.6 is 0 Å². The van der Waals surface area contributed by atoms with E-state index in [0.29, 0.717) is 6.42 Å². The van der Waals surface area contributed by atoms with E-state index in [-0.39, 0.29) is 0 Å². The number of ether oxygens (including phenoxy) is 1. The van der Waals surface area contributed by atoms with E-state index in [4.69, 9.17) is 4.74 Å². The van der Waals surface area contributed by atoms with Crippen LogP contribution in [-0.4, -0.2) is 23.9 Å². The monoisotopic (exact) mass is 272 g/mol. The Labute approximate surface area is 121 Å². The van der Waals surface area contributed by atoms with Crippen molar-refractivity contribution in [3.8, 4) is 0 Å². The first kappa shape index (κ1) is 15.0. The second-order valence-corrected chi connectivity index (χ2v) is 5.33. The Bertz CT molecular complexity index is 545. The molecule has 0 amide bonds. The van der Waals surface area contributed by atoms with Crippen LogP contribution in [-0.2, 0) is 11.2 Å². The second-order valence-electron chi connectivity index (χ2n) is 5.33. The first-order valence-corrected chi connectivity index (χ1v) is 7.36. The quantitative estimate of drug-likeness (QED) is 0.863. The van der Waals surface area contributed by atoms with E-state index < -0.39 is 11.7 Å². The molecule has 0 spiro atoms. The van der Waals surface area contributed by atoms with Crippen molar-refractivity contribution in [1.82, 2.24) is 0 Å². The molecule has 2 nitrogen and oxygen atoms in total. The third-order valence-electron chi connectivity index (χ3n) is 4.50. The lowest BCUT2D eigenvalue weighted by atomic mass is 9.85. The molecule has 0 aliphatic rings. The Balaban J connectivity index is 2.32. The molecule has 0 radical (unpaired) electrons. The predicted molar refractivity (Wildman–Crippen MR) is 84.0 cm³/mol. The van der Waals surface area contributed by atoms with Gasteiger partial charge in [-0.25, -0.2) is 0 Å². The van der Waals surface area contributed by atoms with Crippen molar-refractivity contribution in [3.05, 3.63) is 48.0 Å². The molecule has 1 N–H and O–H groups in total. The van der Waals surface area contributed by atoms with E-state index in [0.717, 1.165) is 12.8 Å².